The van der Waals surface area contributed by atoms with Crippen molar-refractivity contribution < 1.29 is 0 Å². The first-order chi connectivity index (χ1) is 7.31. The SMILES string of the molecule is CN/C1=C(\N)CCc2ccccc2CC1. The van der Waals surface area contributed by atoms with E-state index in [1.54, 1.807) is 0 Å². The minimum absolute atomic E-state index is 0.965. The molecule has 0 spiro atoms. The maximum atomic E-state index is 6.03. The summed E-state index contributed by atoms with van der Waals surface area (Å²) in [6.07, 6.45) is 4.15. The van der Waals surface area contributed by atoms with Crippen molar-refractivity contribution in [3.8, 4) is 0 Å². The lowest BCUT2D eigenvalue weighted by Crippen LogP contribution is -2.17. The van der Waals surface area contributed by atoms with Gasteiger partial charge in [-0.2, -0.15) is 0 Å². The molecule has 80 valence electrons. The van der Waals surface area contributed by atoms with Crippen LogP contribution in [0.2, 0.25) is 0 Å². The minimum atomic E-state index is 0.965. The Kier molecular flexibility index (Phi) is 2.95. The van der Waals surface area contributed by atoms with Crippen LogP contribution < -0.4 is 11.1 Å². The van der Waals surface area contributed by atoms with Crippen LogP contribution in [0.5, 0.6) is 0 Å². The van der Waals surface area contributed by atoms with Crippen molar-refractivity contribution >= 4 is 0 Å². The molecule has 0 radical (unpaired) electrons. The molecule has 1 aliphatic carbocycles. The van der Waals surface area contributed by atoms with Crippen molar-refractivity contribution in [2.75, 3.05) is 7.05 Å². The standard InChI is InChI=1S/C13H18N2/c1-15-13-9-7-11-5-3-2-4-10(11)6-8-12(13)14/h2-5,15H,6-9,14H2,1H3/b13-12-. The maximum Gasteiger partial charge on any atom is 0.0298 e. The Balaban J connectivity index is 2.25. The van der Waals surface area contributed by atoms with E-state index < -0.39 is 0 Å². The second kappa shape index (κ2) is 4.39. The first-order valence-electron chi connectivity index (χ1n) is 5.53. The number of nitrogens with two attached hydrogens (primary N) is 1. The molecule has 2 heteroatoms. The van der Waals surface area contributed by atoms with Gasteiger partial charge in [-0.05, 0) is 36.8 Å². The van der Waals surface area contributed by atoms with Gasteiger partial charge in [-0.15, -0.1) is 0 Å². The third kappa shape index (κ3) is 2.14. The third-order valence-electron chi connectivity index (χ3n) is 3.12. The van der Waals surface area contributed by atoms with Crippen LogP contribution in [0.4, 0.5) is 0 Å². The Morgan fingerprint density at radius 3 is 2.20 bits per heavy atom. The fraction of sp³-hybridized carbons (Fsp3) is 0.385. The first kappa shape index (κ1) is 10.1. The van der Waals surface area contributed by atoms with Crippen LogP contribution in [0.15, 0.2) is 35.7 Å². The smallest absolute Gasteiger partial charge is 0.0298 e. The highest BCUT2D eigenvalue weighted by Gasteiger charge is 2.10. The number of benzene rings is 1. The van der Waals surface area contributed by atoms with E-state index in [1.807, 2.05) is 7.05 Å². The van der Waals surface area contributed by atoms with Crippen LogP contribution in [0, 0.1) is 0 Å². The summed E-state index contributed by atoms with van der Waals surface area (Å²) in [5.41, 5.74) is 11.2. The van der Waals surface area contributed by atoms with Gasteiger partial charge in [-0.1, -0.05) is 24.3 Å². The van der Waals surface area contributed by atoms with Gasteiger partial charge < -0.3 is 11.1 Å². The Hall–Kier alpha value is -1.44. The van der Waals surface area contributed by atoms with Gasteiger partial charge in [-0.3, -0.25) is 0 Å². The van der Waals surface area contributed by atoms with Gasteiger partial charge in [0.15, 0.2) is 0 Å². The van der Waals surface area contributed by atoms with Crippen molar-refractivity contribution in [2.24, 2.45) is 5.73 Å². The molecule has 0 atom stereocenters. The van der Waals surface area contributed by atoms with E-state index in [2.05, 4.69) is 29.6 Å². The maximum absolute atomic E-state index is 6.03. The number of nitrogens with one attached hydrogen (secondary N) is 1. The molecule has 3 N–H and O–H groups in total. The van der Waals surface area contributed by atoms with Crippen LogP contribution in [0.25, 0.3) is 0 Å². The summed E-state index contributed by atoms with van der Waals surface area (Å²) in [4.78, 5) is 0. The van der Waals surface area contributed by atoms with Crippen LogP contribution in [0.3, 0.4) is 0 Å². The second-order valence-electron chi connectivity index (χ2n) is 4.02. The van der Waals surface area contributed by atoms with Crippen LogP contribution in [-0.2, 0) is 12.8 Å². The molecule has 0 unspecified atom stereocenters. The zero-order valence-corrected chi connectivity index (χ0v) is 9.22. The number of rotatable bonds is 1. The van der Waals surface area contributed by atoms with E-state index in [0.29, 0.717) is 0 Å². The molecule has 0 heterocycles. The van der Waals surface area contributed by atoms with E-state index in [0.717, 1.165) is 31.4 Å². The molecule has 0 fully saturated rings. The summed E-state index contributed by atoms with van der Waals surface area (Å²) >= 11 is 0. The van der Waals surface area contributed by atoms with Gasteiger partial charge in [0.25, 0.3) is 0 Å². The quantitative estimate of drug-likeness (QED) is 0.730. The molecular formula is C13H18N2. The Morgan fingerprint density at radius 1 is 1.00 bits per heavy atom. The fourth-order valence-corrected chi connectivity index (χ4v) is 2.17. The zero-order chi connectivity index (χ0) is 10.7. The fourth-order valence-electron chi connectivity index (χ4n) is 2.17. The van der Waals surface area contributed by atoms with E-state index >= 15 is 0 Å². The molecule has 15 heavy (non-hydrogen) atoms. The molecule has 0 saturated heterocycles. The summed E-state index contributed by atoms with van der Waals surface area (Å²) in [7, 11) is 1.95. The molecule has 1 aliphatic rings. The highest BCUT2D eigenvalue weighted by molar-refractivity contribution is 5.30. The summed E-state index contributed by atoms with van der Waals surface area (Å²) in [6.45, 7) is 0. The normalized spacial score (nSPS) is 21.4. The van der Waals surface area contributed by atoms with E-state index in [9.17, 15) is 0 Å². The molecule has 2 rings (SSSR count). The van der Waals surface area contributed by atoms with Crippen molar-refractivity contribution in [3.63, 3.8) is 0 Å². The lowest BCUT2D eigenvalue weighted by atomic mass is 9.94. The lowest BCUT2D eigenvalue weighted by molar-refractivity contribution is 0.752. The van der Waals surface area contributed by atoms with Crippen molar-refractivity contribution in [2.45, 2.75) is 25.7 Å². The van der Waals surface area contributed by atoms with Crippen molar-refractivity contribution in [3.05, 3.63) is 46.8 Å². The Labute approximate surface area is 91.2 Å². The Bertz CT molecular complexity index is 380. The summed E-state index contributed by atoms with van der Waals surface area (Å²) < 4.78 is 0. The average molecular weight is 202 g/mol. The number of aryl methyl sites for hydroxylation is 2. The highest BCUT2D eigenvalue weighted by atomic mass is 14.9. The van der Waals surface area contributed by atoms with E-state index in [4.69, 9.17) is 5.73 Å². The number of fused-ring (bicyclic) bond motifs is 1. The topological polar surface area (TPSA) is 38.0 Å². The molecule has 0 aromatic heterocycles. The van der Waals surface area contributed by atoms with Gasteiger partial charge in [0.05, 0.1) is 0 Å². The minimum Gasteiger partial charge on any atom is -0.401 e. The van der Waals surface area contributed by atoms with E-state index in [1.165, 1.54) is 16.8 Å². The lowest BCUT2D eigenvalue weighted by Gasteiger charge is -2.17. The van der Waals surface area contributed by atoms with Gasteiger partial charge >= 0.3 is 0 Å². The monoisotopic (exact) mass is 202 g/mol. The molecule has 1 aromatic carbocycles. The number of allylic oxidation sites excluding steroid dienone is 2. The third-order valence-corrected chi connectivity index (χ3v) is 3.12. The number of hydrogen-bond donors (Lipinski definition) is 2. The Morgan fingerprint density at radius 2 is 1.60 bits per heavy atom. The summed E-state index contributed by atoms with van der Waals surface area (Å²) in [6, 6.07) is 8.67. The van der Waals surface area contributed by atoms with Crippen LogP contribution >= 0.6 is 0 Å². The molecule has 1 aromatic rings. The molecule has 0 bridgehead atoms. The van der Waals surface area contributed by atoms with Gasteiger partial charge in [0.2, 0.25) is 0 Å². The average Bonchev–Trinajstić information content (AvgIpc) is 2.26. The van der Waals surface area contributed by atoms with Crippen molar-refractivity contribution in [1.29, 1.82) is 0 Å². The van der Waals surface area contributed by atoms with Gasteiger partial charge in [0.1, 0.15) is 0 Å². The zero-order valence-electron chi connectivity index (χ0n) is 9.22. The molecule has 0 amide bonds. The molecule has 2 nitrogen and oxygen atoms in total. The second-order valence-corrected chi connectivity index (χ2v) is 4.02. The van der Waals surface area contributed by atoms with E-state index in [-0.39, 0.29) is 0 Å². The predicted molar refractivity (Wildman–Crippen MR) is 63.4 cm³/mol. The van der Waals surface area contributed by atoms with Crippen LogP contribution in [-0.4, -0.2) is 7.05 Å². The van der Waals surface area contributed by atoms with Gasteiger partial charge in [0, 0.05) is 18.4 Å². The number of hydrogen-bond acceptors (Lipinski definition) is 2. The van der Waals surface area contributed by atoms with Crippen molar-refractivity contribution in [1.82, 2.24) is 5.32 Å². The van der Waals surface area contributed by atoms with Crippen LogP contribution in [0.1, 0.15) is 24.0 Å². The highest BCUT2D eigenvalue weighted by Crippen LogP contribution is 2.20. The molecular weight excluding hydrogens is 184 g/mol. The first-order valence-corrected chi connectivity index (χ1v) is 5.53. The summed E-state index contributed by atoms with van der Waals surface area (Å²) in [5, 5.41) is 3.21. The molecule has 0 aliphatic heterocycles. The largest absolute Gasteiger partial charge is 0.401 e. The summed E-state index contributed by atoms with van der Waals surface area (Å²) in [5.74, 6) is 0. The predicted octanol–water partition coefficient (Wildman–Crippen LogP) is 1.96. The molecule has 0 saturated carbocycles. The van der Waals surface area contributed by atoms with Gasteiger partial charge in [-0.25, -0.2) is 0 Å².